The largest absolute Gasteiger partial charge is 0.459 e. The Bertz CT molecular complexity index is 212. The second kappa shape index (κ2) is 6.86. The molecule has 2 atom stereocenters. The molecule has 0 radical (unpaired) electrons. The first-order valence-electron chi connectivity index (χ1n) is 6.00. The summed E-state index contributed by atoms with van der Waals surface area (Å²) in [6.45, 7) is 7.57. The highest BCUT2D eigenvalue weighted by atomic mass is 16.6. The summed E-state index contributed by atoms with van der Waals surface area (Å²) in [4.78, 5) is 11.5. The number of nitrogens with two attached hydrogens (primary N) is 2. The van der Waals surface area contributed by atoms with Crippen LogP contribution in [-0.2, 0) is 9.53 Å². The van der Waals surface area contributed by atoms with Crippen molar-refractivity contribution < 1.29 is 9.53 Å². The van der Waals surface area contributed by atoms with Crippen LogP contribution in [0.15, 0.2) is 0 Å². The minimum absolute atomic E-state index is 0.214. The maximum atomic E-state index is 11.5. The van der Waals surface area contributed by atoms with E-state index in [-0.39, 0.29) is 12.0 Å². The molecule has 0 aromatic heterocycles. The Kier molecular flexibility index (Phi) is 6.60. The van der Waals surface area contributed by atoms with E-state index < -0.39 is 11.6 Å². The van der Waals surface area contributed by atoms with Crippen molar-refractivity contribution in [3.63, 3.8) is 0 Å². The number of carbonyl (C=O) groups is 1. The molecule has 4 N–H and O–H groups in total. The number of carbonyl (C=O) groups excluding carboxylic acids is 1. The van der Waals surface area contributed by atoms with Gasteiger partial charge in [-0.05, 0) is 46.5 Å². The molecule has 0 amide bonds. The van der Waals surface area contributed by atoms with E-state index in [1.165, 1.54) is 0 Å². The van der Waals surface area contributed by atoms with Gasteiger partial charge in [-0.2, -0.15) is 0 Å². The fourth-order valence-corrected chi connectivity index (χ4v) is 1.30. The highest BCUT2D eigenvalue weighted by Crippen LogP contribution is 2.11. The second-order valence-corrected chi connectivity index (χ2v) is 5.24. The van der Waals surface area contributed by atoms with Gasteiger partial charge < -0.3 is 16.2 Å². The van der Waals surface area contributed by atoms with E-state index in [0.717, 1.165) is 19.3 Å². The SMILES string of the molecule is CCC(N)CCCC(N)C(=O)OC(C)(C)C. The van der Waals surface area contributed by atoms with Gasteiger partial charge in [-0.15, -0.1) is 0 Å². The molecule has 0 spiro atoms. The zero-order chi connectivity index (χ0) is 12.8. The van der Waals surface area contributed by atoms with E-state index in [1.54, 1.807) is 0 Å². The van der Waals surface area contributed by atoms with Gasteiger partial charge in [0.2, 0.25) is 0 Å². The molecule has 16 heavy (non-hydrogen) atoms. The van der Waals surface area contributed by atoms with Crippen LogP contribution >= 0.6 is 0 Å². The molecule has 0 heterocycles. The lowest BCUT2D eigenvalue weighted by Crippen LogP contribution is -2.37. The summed E-state index contributed by atoms with van der Waals surface area (Å²) < 4.78 is 5.19. The van der Waals surface area contributed by atoms with E-state index in [2.05, 4.69) is 6.92 Å². The lowest BCUT2D eigenvalue weighted by Gasteiger charge is -2.22. The first-order chi connectivity index (χ1) is 7.26. The summed E-state index contributed by atoms with van der Waals surface area (Å²) in [5, 5.41) is 0. The standard InChI is InChI=1S/C12H26N2O2/c1-5-9(13)7-6-8-10(14)11(15)16-12(2,3)4/h9-10H,5-8,13-14H2,1-4H3. The highest BCUT2D eigenvalue weighted by Gasteiger charge is 2.21. The molecular formula is C12H26N2O2. The first-order valence-corrected chi connectivity index (χ1v) is 6.00. The number of esters is 1. The van der Waals surface area contributed by atoms with E-state index in [4.69, 9.17) is 16.2 Å². The summed E-state index contributed by atoms with van der Waals surface area (Å²) in [5.74, 6) is -0.322. The van der Waals surface area contributed by atoms with Crippen molar-refractivity contribution in [3.8, 4) is 0 Å². The second-order valence-electron chi connectivity index (χ2n) is 5.24. The zero-order valence-electron chi connectivity index (χ0n) is 11.0. The molecule has 0 rings (SSSR count). The summed E-state index contributed by atoms with van der Waals surface area (Å²) in [6.07, 6.45) is 3.38. The quantitative estimate of drug-likeness (QED) is 0.679. The minimum Gasteiger partial charge on any atom is -0.459 e. The summed E-state index contributed by atoms with van der Waals surface area (Å²) in [5.41, 5.74) is 11.1. The number of ether oxygens (including phenoxy) is 1. The molecule has 0 saturated heterocycles. The summed E-state index contributed by atoms with van der Waals surface area (Å²) in [7, 11) is 0. The van der Waals surface area contributed by atoms with E-state index >= 15 is 0 Å². The average molecular weight is 230 g/mol. The molecule has 0 fully saturated rings. The van der Waals surface area contributed by atoms with Gasteiger partial charge >= 0.3 is 5.97 Å². The Labute approximate surface area is 98.7 Å². The smallest absolute Gasteiger partial charge is 0.323 e. The minimum atomic E-state index is -0.525. The maximum absolute atomic E-state index is 11.5. The van der Waals surface area contributed by atoms with Crippen molar-refractivity contribution in [2.45, 2.75) is 71.1 Å². The fourth-order valence-electron chi connectivity index (χ4n) is 1.30. The number of hydrogen-bond donors (Lipinski definition) is 2. The maximum Gasteiger partial charge on any atom is 0.323 e. The normalized spacial score (nSPS) is 15.6. The van der Waals surface area contributed by atoms with Gasteiger partial charge in [0.15, 0.2) is 0 Å². The van der Waals surface area contributed by atoms with Crippen molar-refractivity contribution in [1.29, 1.82) is 0 Å². The molecule has 0 aliphatic carbocycles. The van der Waals surface area contributed by atoms with Gasteiger partial charge in [0.25, 0.3) is 0 Å². The molecule has 4 nitrogen and oxygen atoms in total. The number of rotatable bonds is 6. The van der Waals surface area contributed by atoms with E-state index in [1.807, 2.05) is 20.8 Å². The number of hydrogen-bond acceptors (Lipinski definition) is 4. The third kappa shape index (κ3) is 7.65. The topological polar surface area (TPSA) is 78.3 Å². The van der Waals surface area contributed by atoms with Gasteiger partial charge in [0, 0.05) is 6.04 Å². The van der Waals surface area contributed by atoms with Gasteiger partial charge in [0.1, 0.15) is 11.6 Å². The predicted molar refractivity (Wildman–Crippen MR) is 65.9 cm³/mol. The van der Waals surface area contributed by atoms with Crippen LogP contribution in [0.4, 0.5) is 0 Å². The van der Waals surface area contributed by atoms with Crippen LogP contribution in [-0.4, -0.2) is 23.7 Å². The van der Waals surface area contributed by atoms with Crippen molar-refractivity contribution in [1.82, 2.24) is 0 Å². The molecule has 0 saturated carbocycles. The molecule has 4 heteroatoms. The van der Waals surface area contributed by atoms with Crippen LogP contribution in [0.1, 0.15) is 53.4 Å². The Hall–Kier alpha value is -0.610. The van der Waals surface area contributed by atoms with Crippen molar-refractivity contribution in [2.24, 2.45) is 11.5 Å². The van der Waals surface area contributed by atoms with Gasteiger partial charge in [-0.1, -0.05) is 6.92 Å². The lowest BCUT2D eigenvalue weighted by atomic mass is 10.0. The van der Waals surface area contributed by atoms with Crippen molar-refractivity contribution in [3.05, 3.63) is 0 Å². The van der Waals surface area contributed by atoms with Crippen LogP contribution in [0.2, 0.25) is 0 Å². The molecule has 0 aliphatic heterocycles. The van der Waals surface area contributed by atoms with Gasteiger partial charge in [-0.3, -0.25) is 4.79 Å². The molecule has 96 valence electrons. The monoisotopic (exact) mass is 230 g/mol. The highest BCUT2D eigenvalue weighted by molar-refractivity contribution is 5.75. The Balaban J connectivity index is 3.80. The Morgan fingerprint density at radius 3 is 2.25 bits per heavy atom. The molecule has 0 bridgehead atoms. The molecule has 0 aromatic rings. The predicted octanol–water partition coefficient (Wildman–Crippen LogP) is 1.56. The average Bonchev–Trinajstić information content (AvgIpc) is 2.14. The third-order valence-electron chi connectivity index (χ3n) is 2.32. The van der Waals surface area contributed by atoms with E-state index in [9.17, 15) is 4.79 Å². The lowest BCUT2D eigenvalue weighted by molar-refractivity contribution is -0.156. The molecular weight excluding hydrogens is 204 g/mol. The van der Waals surface area contributed by atoms with Crippen LogP contribution in [0.25, 0.3) is 0 Å². The third-order valence-corrected chi connectivity index (χ3v) is 2.32. The van der Waals surface area contributed by atoms with E-state index in [0.29, 0.717) is 6.42 Å². The Morgan fingerprint density at radius 1 is 1.25 bits per heavy atom. The fraction of sp³-hybridized carbons (Fsp3) is 0.917. The Morgan fingerprint density at radius 2 is 1.81 bits per heavy atom. The first kappa shape index (κ1) is 15.4. The van der Waals surface area contributed by atoms with Crippen LogP contribution in [0.3, 0.4) is 0 Å². The summed E-state index contributed by atoms with van der Waals surface area (Å²) >= 11 is 0. The summed E-state index contributed by atoms with van der Waals surface area (Å²) in [6, 6.07) is -0.311. The van der Waals surface area contributed by atoms with Crippen LogP contribution in [0, 0.1) is 0 Å². The molecule has 0 aromatic carbocycles. The molecule has 0 aliphatic rings. The van der Waals surface area contributed by atoms with Gasteiger partial charge in [-0.25, -0.2) is 0 Å². The van der Waals surface area contributed by atoms with Gasteiger partial charge in [0.05, 0.1) is 0 Å². The van der Waals surface area contributed by atoms with Crippen molar-refractivity contribution in [2.75, 3.05) is 0 Å². The zero-order valence-corrected chi connectivity index (χ0v) is 11.0. The van der Waals surface area contributed by atoms with Crippen molar-refractivity contribution >= 4 is 5.97 Å². The van der Waals surface area contributed by atoms with Crippen LogP contribution in [0.5, 0.6) is 0 Å². The molecule has 2 unspecified atom stereocenters. The van der Waals surface area contributed by atoms with Crippen LogP contribution < -0.4 is 11.5 Å².